The summed E-state index contributed by atoms with van der Waals surface area (Å²) in [6.45, 7) is 1.79. The first-order valence-electron chi connectivity index (χ1n) is 5.12. The molecular weight excluding hydrogens is 228 g/mol. The molecule has 1 aromatic rings. The SMILES string of the molecule is COCCOCCOc1cc(C(=O)O)nn1C. The lowest BCUT2D eigenvalue weighted by atomic mass is 10.4. The second-order valence-corrected chi connectivity index (χ2v) is 3.25. The smallest absolute Gasteiger partial charge is 0.356 e. The molecule has 0 fully saturated rings. The van der Waals surface area contributed by atoms with Gasteiger partial charge >= 0.3 is 5.97 Å². The fourth-order valence-corrected chi connectivity index (χ4v) is 1.14. The molecule has 0 saturated carbocycles. The van der Waals surface area contributed by atoms with Crippen LogP contribution in [0.1, 0.15) is 10.5 Å². The normalized spacial score (nSPS) is 10.5. The van der Waals surface area contributed by atoms with E-state index >= 15 is 0 Å². The molecule has 0 aliphatic heterocycles. The largest absolute Gasteiger partial charge is 0.476 e. The molecule has 1 heterocycles. The Kier molecular flexibility index (Phi) is 5.44. The Hall–Kier alpha value is -1.60. The van der Waals surface area contributed by atoms with Crippen molar-refractivity contribution in [2.75, 3.05) is 33.5 Å². The fourth-order valence-electron chi connectivity index (χ4n) is 1.14. The first-order chi connectivity index (χ1) is 8.15. The Morgan fingerprint density at radius 1 is 1.41 bits per heavy atom. The molecule has 96 valence electrons. The molecule has 0 spiro atoms. The average molecular weight is 244 g/mol. The van der Waals surface area contributed by atoms with Crippen LogP contribution in [0.15, 0.2) is 6.07 Å². The van der Waals surface area contributed by atoms with Gasteiger partial charge in [-0.25, -0.2) is 9.48 Å². The van der Waals surface area contributed by atoms with Gasteiger partial charge in [0.25, 0.3) is 0 Å². The van der Waals surface area contributed by atoms with E-state index in [0.29, 0.717) is 32.3 Å². The van der Waals surface area contributed by atoms with Gasteiger partial charge in [0.1, 0.15) is 6.61 Å². The maximum Gasteiger partial charge on any atom is 0.356 e. The summed E-state index contributed by atoms with van der Waals surface area (Å²) in [7, 11) is 3.22. The maximum absolute atomic E-state index is 10.6. The summed E-state index contributed by atoms with van der Waals surface area (Å²) in [6, 6.07) is 1.37. The van der Waals surface area contributed by atoms with Gasteiger partial charge in [-0.3, -0.25) is 0 Å². The fraction of sp³-hybridized carbons (Fsp3) is 0.600. The lowest BCUT2D eigenvalue weighted by molar-refractivity contribution is 0.0530. The van der Waals surface area contributed by atoms with Gasteiger partial charge in [0.15, 0.2) is 5.69 Å². The van der Waals surface area contributed by atoms with Crippen molar-refractivity contribution < 1.29 is 24.1 Å². The van der Waals surface area contributed by atoms with E-state index in [4.69, 9.17) is 19.3 Å². The third-order valence-electron chi connectivity index (χ3n) is 1.97. The van der Waals surface area contributed by atoms with Gasteiger partial charge in [-0.15, -0.1) is 0 Å². The minimum absolute atomic E-state index is 0.0391. The number of carbonyl (C=O) groups is 1. The quantitative estimate of drug-likeness (QED) is 0.656. The number of hydrogen-bond acceptors (Lipinski definition) is 5. The number of hydrogen-bond donors (Lipinski definition) is 1. The molecule has 0 aliphatic carbocycles. The summed E-state index contributed by atoms with van der Waals surface area (Å²) < 4.78 is 16.7. The van der Waals surface area contributed by atoms with Crippen LogP contribution in [-0.2, 0) is 16.5 Å². The Bertz CT molecular complexity index is 364. The number of carboxylic acids is 1. The zero-order chi connectivity index (χ0) is 12.7. The molecule has 1 N–H and O–H groups in total. The van der Waals surface area contributed by atoms with Crippen molar-refractivity contribution >= 4 is 5.97 Å². The highest BCUT2D eigenvalue weighted by atomic mass is 16.5. The summed E-state index contributed by atoms with van der Waals surface area (Å²) in [5, 5.41) is 12.5. The Balaban J connectivity index is 2.29. The number of ether oxygens (including phenoxy) is 3. The van der Waals surface area contributed by atoms with Gasteiger partial charge in [0, 0.05) is 20.2 Å². The van der Waals surface area contributed by atoms with Crippen LogP contribution in [0.25, 0.3) is 0 Å². The molecule has 0 bridgehead atoms. The summed E-state index contributed by atoms with van der Waals surface area (Å²) >= 11 is 0. The van der Waals surface area contributed by atoms with E-state index in [0.717, 1.165) is 0 Å². The lowest BCUT2D eigenvalue weighted by Crippen LogP contribution is -2.11. The van der Waals surface area contributed by atoms with Crippen LogP contribution in [0.4, 0.5) is 0 Å². The summed E-state index contributed by atoms with van der Waals surface area (Å²) in [6.07, 6.45) is 0. The highest BCUT2D eigenvalue weighted by Crippen LogP contribution is 2.11. The van der Waals surface area contributed by atoms with Gasteiger partial charge in [0.2, 0.25) is 5.88 Å². The van der Waals surface area contributed by atoms with Crippen molar-refractivity contribution in [1.29, 1.82) is 0 Å². The molecule has 1 aromatic heterocycles. The number of rotatable bonds is 8. The van der Waals surface area contributed by atoms with Crippen molar-refractivity contribution in [2.45, 2.75) is 0 Å². The van der Waals surface area contributed by atoms with Gasteiger partial charge < -0.3 is 19.3 Å². The minimum Gasteiger partial charge on any atom is -0.476 e. The number of aryl methyl sites for hydroxylation is 1. The molecule has 0 aliphatic rings. The van der Waals surface area contributed by atoms with E-state index in [-0.39, 0.29) is 5.69 Å². The third kappa shape index (κ3) is 4.41. The molecule has 0 atom stereocenters. The first-order valence-corrected chi connectivity index (χ1v) is 5.12. The maximum atomic E-state index is 10.6. The first kappa shape index (κ1) is 13.5. The van der Waals surface area contributed by atoms with Crippen molar-refractivity contribution in [3.05, 3.63) is 11.8 Å². The van der Waals surface area contributed by atoms with E-state index < -0.39 is 5.97 Å². The summed E-state index contributed by atoms with van der Waals surface area (Å²) in [5.41, 5.74) is -0.0391. The highest BCUT2D eigenvalue weighted by molar-refractivity contribution is 5.85. The van der Waals surface area contributed by atoms with Gasteiger partial charge in [-0.1, -0.05) is 0 Å². The number of nitrogens with zero attached hydrogens (tertiary/aromatic N) is 2. The monoisotopic (exact) mass is 244 g/mol. The van der Waals surface area contributed by atoms with Crippen molar-refractivity contribution in [1.82, 2.24) is 9.78 Å². The molecule has 7 nitrogen and oxygen atoms in total. The van der Waals surface area contributed by atoms with E-state index in [9.17, 15) is 4.79 Å². The van der Waals surface area contributed by atoms with Crippen molar-refractivity contribution in [3.63, 3.8) is 0 Å². The van der Waals surface area contributed by atoms with E-state index in [2.05, 4.69) is 5.10 Å². The summed E-state index contributed by atoms with van der Waals surface area (Å²) in [5.74, 6) is -0.676. The standard InChI is InChI=1S/C10H16N2O5/c1-12-9(7-8(11-12)10(13)14)17-6-5-16-4-3-15-2/h7H,3-6H2,1-2H3,(H,13,14). The molecule has 0 aromatic carbocycles. The van der Waals surface area contributed by atoms with Gasteiger partial charge in [-0.2, -0.15) is 5.10 Å². The average Bonchev–Trinajstić information content (AvgIpc) is 2.65. The highest BCUT2D eigenvalue weighted by Gasteiger charge is 2.11. The van der Waals surface area contributed by atoms with Crippen LogP contribution >= 0.6 is 0 Å². The molecule has 7 heteroatoms. The second-order valence-electron chi connectivity index (χ2n) is 3.25. The van der Waals surface area contributed by atoms with E-state index in [1.165, 1.54) is 10.7 Å². The Labute approximate surface area is 98.9 Å². The van der Waals surface area contributed by atoms with Crippen molar-refractivity contribution in [3.8, 4) is 5.88 Å². The van der Waals surface area contributed by atoms with Gasteiger partial charge in [0.05, 0.1) is 19.8 Å². The van der Waals surface area contributed by atoms with Crippen LogP contribution in [0.2, 0.25) is 0 Å². The molecular formula is C10H16N2O5. The molecule has 0 unspecified atom stereocenters. The zero-order valence-electron chi connectivity index (χ0n) is 9.88. The molecule has 1 rings (SSSR count). The van der Waals surface area contributed by atoms with Crippen LogP contribution in [-0.4, -0.2) is 54.4 Å². The molecule has 0 radical (unpaired) electrons. The van der Waals surface area contributed by atoms with Gasteiger partial charge in [-0.05, 0) is 0 Å². The van der Waals surface area contributed by atoms with Crippen LogP contribution in [0.3, 0.4) is 0 Å². The molecule has 17 heavy (non-hydrogen) atoms. The van der Waals surface area contributed by atoms with Crippen molar-refractivity contribution in [2.24, 2.45) is 7.05 Å². The second kappa shape index (κ2) is 6.87. The van der Waals surface area contributed by atoms with Crippen LogP contribution < -0.4 is 4.74 Å². The van der Waals surface area contributed by atoms with E-state index in [1.807, 2.05) is 0 Å². The molecule has 0 amide bonds. The minimum atomic E-state index is -1.08. The molecule has 0 saturated heterocycles. The summed E-state index contributed by atoms with van der Waals surface area (Å²) in [4.78, 5) is 10.6. The topological polar surface area (TPSA) is 82.8 Å². The number of aromatic nitrogens is 2. The number of aromatic carboxylic acids is 1. The third-order valence-corrected chi connectivity index (χ3v) is 1.97. The lowest BCUT2D eigenvalue weighted by Gasteiger charge is -2.06. The van der Waals surface area contributed by atoms with Crippen LogP contribution in [0.5, 0.6) is 5.88 Å². The Morgan fingerprint density at radius 2 is 2.12 bits per heavy atom. The Morgan fingerprint density at radius 3 is 2.71 bits per heavy atom. The zero-order valence-corrected chi connectivity index (χ0v) is 9.88. The number of methoxy groups -OCH3 is 1. The van der Waals surface area contributed by atoms with E-state index in [1.54, 1.807) is 14.2 Å². The predicted octanol–water partition coefficient (Wildman–Crippen LogP) is 0.160. The van der Waals surface area contributed by atoms with Crippen LogP contribution in [0, 0.1) is 0 Å². The predicted molar refractivity (Wildman–Crippen MR) is 58.4 cm³/mol. The number of carboxylic acid groups (broad SMARTS) is 1.